The highest BCUT2D eigenvalue weighted by Gasteiger charge is 2.07. The van der Waals surface area contributed by atoms with Gasteiger partial charge in [-0.3, -0.25) is 4.79 Å². The lowest BCUT2D eigenvalue weighted by molar-refractivity contribution is -0.118. The Labute approximate surface area is 109 Å². The number of unbranched alkanes of at least 4 members (excludes halogenated alkanes) is 1. The Hall–Kier alpha value is -2.37. The molecule has 2 aromatic rings. The number of aromatic carboxylic acids is 1. The predicted molar refractivity (Wildman–Crippen MR) is 69.7 cm³/mol. The van der Waals surface area contributed by atoms with Gasteiger partial charge < -0.3 is 15.4 Å². The molecule has 1 heterocycles. The highest BCUT2D eigenvalue weighted by molar-refractivity contribution is 5.92. The average molecular weight is 261 g/mol. The number of rotatable bonds is 6. The summed E-state index contributed by atoms with van der Waals surface area (Å²) in [5.74, 6) is -1.26. The van der Waals surface area contributed by atoms with Crippen LogP contribution in [0.5, 0.6) is 0 Å². The summed E-state index contributed by atoms with van der Waals surface area (Å²) in [5, 5.41) is 8.97. The number of aryl methyl sites for hydroxylation is 1. The standard InChI is InChI=1S/C13H15N3O3/c14-12(17)3-1-2-6-16-8-15-10-5-4-9(13(18)19)7-11(10)16/h4-5,7-8H,1-3,6H2,(H2,14,17)(H,18,19). The SMILES string of the molecule is NC(=O)CCCCn1cnc2ccc(C(=O)O)cc21. The van der Waals surface area contributed by atoms with Crippen molar-refractivity contribution in [2.75, 3.05) is 0 Å². The third-order valence-corrected chi connectivity index (χ3v) is 2.94. The van der Waals surface area contributed by atoms with Gasteiger partial charge in [0, 0.05) is 13.0 Å². The molecule has 0 bridgehead atoms. The van der Waals surface area contributed by atoms with Crippen molar-refractivity contribution < 1.29 is 14.7 Å². The van der Waals surface area contributed by atoms with Crippen molar-refractivity contribution in [2.24, 2.45) is 5.73 Å². The first-order valence-electron chi connectivity index (χ1n) is 6.04. The van der Waals surface area contributed by atoms with Gasteiger partial charge in [0.1, 0.15) is 0 Å². The van der Waals surface area contributed by atoms with E-state index in [4.69, 9.17) is 10.8 Å². The normalized spacial score (nSPS) is 10.7. The van der Waals surface area contributed by atoms with E-state index in [1.807, 2.05) is 4.57 Å². The maximum absolute atomic E-state index is 10.9. The largest absolute Gasteiger partial charge is 0.478 e. The summed E-state index contributed by atoms with van der Waals surface area (Å²) in [6, 6.07) is 4.84. The molecule has 1 aromatic carbocycles. The van der Waals surface area contributed by atoms with Gasteiger partial charge >= 0.3 is 5.97 Å². The van der Waals surface area contributed by atoms with E-state index in [0.29, 0.717) is 19.4 Å². The number of primary amides is 1. The van der Waals surface area contributed by atoms with Crippen molar-refractivity contribution >= 4 is 22.9 Å². The zero-order valence-electron chi connectivity index (χ0n) is 10.4. The van der Waals surface area contributed by atoms with Crippen LogP contribution in [0.25, 0.3) is 11.0 Å². The van der Waals surface area contributed by atoms with Gasteiger partial charge in [0.05, 0.1) is 22.9 Å². The first kappa shape index (κ1) is 13.1. The van der Waals surface area contributed by atoms with Crippen LogP contribution in [0.3, 0.4) is 0 Å². The van der Waals surface area contributed by atoms with Gasteiger partial charge in [0.2, 0.25) is 5.91 Å². The van der Waals surface area contributed by atoms with Crippen molar-refractivity contribution in [3.63, 3.8) is 0 Å². The Morgan fingerprint density at radius 2 is 2.11 bits per heavy atom. The van der Waals surface area contributed by atoms with Gasteiger partial charge in [-0.1, -0.05) is 0 Å². The number of aromatic nitrogens is 2. The minimum Gasteiger partial charge on any atom is -0.478 e. The highest BCUT2D eigenvalue weighted by Crippen LogP contribution is 2.16. The summed E-state index contributed by atoms with van der Waals surface area (Å²) < 4.78 is 1.89. The molecule has 0 aliphatic heterocycles. The number of amides is 1. The average Bonchev–Trinajstić information content (AvgIpc) is 2.76. The number of carbonyl (C=O) groups is 2. The van der Waals surface area contributed by atoms with Crippen LogP contribution in [0, 0.1) is 0 Å². The van der Waals surface area contributed by atoms with Gasteiger partial charge in [-0.25, -0.2) is 9.78 Å². The summed E-state index contributed by atoms with van der Waals surface area (Å²) in [7, 11) is 0. The van der Waals surface area contributed by atoms with Crippen molar-refractivity contribution in [2.45, 2.75) is 25.8 Å². The molecule has 0 aliphatic rings. The minimum absolute atomic E-state index is 0.242. The van der Waals surface area contributed by atoms with Crippen LogP contribution in [0.1, 0.15) is 29.6 Å². The number of carbonyl (C=O) groups excluding carboxylic acids is 1. The molecule has 100 valence electrons. The summed E-state index contributed by atoms with van der Waals surface area (Å²) in [6.07, 6.45) is 3.56. The first-order valence-corrected chi connectivity index (χ1v) is 6.04. The van der Waals surface area contributed by atoms with E-state index in [9.17, 15) is 9.59 Å². The lowest BCUT2D eigenvalue weighted by atomic mass is 10.2. The molecule has 0 unspecified atom stereocenters. The Bertz CT molecular complexity index is 619. The number of hydrogen-bond donors (Lipinski definition) is 2. The number of carboxylic acid groups (broad SMARTS) is 1. The molecule has 3 N–H and O–H groups in total. The van der Waals surface area contributed by atoms with Gasteiger partial charge in [0.25, 0.3) is 0 Å². The Morgan fingerprint density at radius 3 is 2.79 bits per heavy atom. The number of benzene rings is 1. The maximum atomic E-state index is 10.9. The zero-order chi connectivity index (χ0) is 13.8. The monoisotopic (exact) mass is 261 g/mol. The molecule has 0 radical (unpaired) electrons. The molecule has 0 atom stereocenters. The van der Waals surface area contributed by atoms with E-state index >= 15 is 0 Å². The molecular formula is C13H15N3O3. The third-order valence-electron chi connectivity index (χ3n) is 2.94. The van der Waals surface area contributed by atoms with E-state index in [2.05, 4.69) is 4.98 Å². The molecule has 19 heavy (non-hydrogen) atoms. The fourth-order valence-electron chi connectivity index (χ4n) is 1.95. The summed E-state index contributed by atoms with van der Waals surface area (Å²) in [4.78, 5) is 25.8. The summed E-state index contributed by atoms with van der Waals surface area (Å²) in [5.41, 5.74) is 6.87. The second kappa shape index (κ2) is 5.51. The quantitative estimate of drug-likeness (QED) is 0.767. The topological polar surface area (TPSA) is 98.2 Å². The smallest absolute Gasteiger partial charge is 0.335 e. The van der Waals surface area contributed by atoms with E-state index in [1.165, 1.54) is 6.07 Å². The zero-order valence-corrected chi connectivity index (χ0v) is 10.4. The second-order valence-corrected chi connectivity index (χ2v) is 4.37. The van der Waals surface area contributed by atoms with Crippen molar-refractivity contribution in [3.8, 4) is 0 Å². The molecule has 0 saturated carbocycles. The van der Waals surface area contributed by atoms with Crippen molar-refractivity contribution in [1.82, 2.24) is 9.55 Å². The number of hydrogen-bond acceptors (Lipinski definition) is 3. The van der Waals surface area contributed by atoms with Gasteiger partial charge in [-0.2, -0.15) is 0 Å². The molecule has 0 saturated heterocycles. The van der Waals surface area contributed by atoms with Crippen LogP contribution in [0.2, 0.25) is 0 Å². The number of nitrogens with zero attached hydrogens (tertiary/aromatic N) is 2. The van der Waals surface area contributed by atoms with Crippen LogP contribution >= 0.6 is 0 Å². The molecule has 6 heteroatoms. The molecule has 1 aromatic heterocycles. The van der Waals surface area contributed by atoms with E-state index in [-0.39, 0.29) is 11.5 Å². The van der Waals surface area contributed by atoms with Crippen LogP contribution in [0.4, 0.5) is 0 Å². The number of nitrogens with two attached hydrogens (primary N) is 1. The molecular weight excluding hydrogens is 246 g/mol. The molecule has 1 amide bonds. The number of fused-ring (bicyclic) bond motifs is 1. The van der Waals surface area contributed by atoms with E-state index in [0.717, 1.165) is 17.5 Å². The van der Waals surface area contributed by atoms with Crippen LogP contribution in [-0.4, -0.2) is 26.5 Å². The third kappa shape index (κ3) is 3.09. The maximum Gasteiger partial charge on any atom is 0.335 e. The van der Waals surface area contributed by atoms with Gasteiger partial charge in [-0.15, -0.1) is 0 Å². The van der Waals surface area contributed by atoms with Crippen molar-refractivity contribution in [3.05, 3.63) is 30.1 Å². The first-order chi connectivity index (χ1) is 9.08. The second-order valence-electron chi connectivity index (χ2n) is 4.37. The van der Waals surface area contributed by atoms with Crippen molar-refractivity contribution in [1.29, 1.82) is 0 Å². The Kier molecular flexibility index (Phi) is 3.79. The van der Waals surface area contributed by atoms with Crippen LogP contribution in [-0.2, 0) is 11.3 Å². The Balaban J connectivity index is 2.12. The molecule has 2 rings (SSSR count). The lowest BCUT2D eigenvalue weighted by Gasteiger charge is -2.04. The predicted octanol–water partition coefficient (Wildman–Crippen LogP) is 1.39. The summed E-state index contributed by atoms with van der Waals surface area (Å²) >= 11 is 0. The summed E-state index contributed by atoms with van der Waals surface area (Å²) in [6.45, 7) is 0.687. The molecule has 6 nitrogen and oxygen atoms in total. The van der Waals surface area contributed by atoms with E-state index < -0.39 is 5.97 Å². The highest BCUT2D eigenvalue weighted by atomic mass is 16.4. The van der Waals surface area contributed by atoms with Gasteiger partial charge in [-0.05, 0) is 31.0 Å². The fraction of sp³-hybridized carbons (Fsp3) is 0.308. The van der Waals surface area contributed by atoms with Crippen LogP contribution < -0.4 is 5.73 Å². The molecule has 0 spiro atoms. The van der Waals surface area contributed by atoms with Gasteiger partial charge in [0.15, 0.2) is 0 Å². The minimum atomic E-state index is -0.955. The van der Waals surface area contributed by atoms with Crippen LogP contribution in [0.15, 0.2) is 24.5 Å². The number of imidazole rings is 1. The number of carboxylic acids is 1. The Morgan fingerprint density at radius 1 is 1.32 bits per heavy atom. The van der Waals surface area contributed by atoms with E-state index in [1.54, 1.807) is 18.5 Å². The fourth-order valence-corrected chi connectivity index (χ4v) is 1.95. The molecule has 0 aliphatic carbocycles. The molecule has 0 fully saturated rings. The lowest BCUT2D eigenvalue weighted by Crippen LogP contribution is -2.10.